The Hall–Kier alpha value is -2.48. The molecule has 26 heavy (non-hydrogen) atoms. The fraction of sp³-hybridized carbons (Fsp3) is 0.500. The molecular formula is C18H20FN3O4. The second kappa shape index (κ2) is 6.68. The molecule has 1 aromatic carbocycles. The number of rotatable bonds is 3. The van der Waals surface area contributed by atoms with Crippen molar-refractivity contribution in [3.05, 3.63) is 29.3 Å². The van der Waals surface area contributed by atoms with Gasteiger partial charge in [-0.05, 0) is 43.1 Å². The highest BCUT2D eigenvalue weighted by Gasteiger charge is 2.39. The normalized spacial score (nSPS) is 28.7. The van der Waals surface area contributed by atoms with Crippen LogP contribution in [0.1, 0.15) is 35.2 Å². The van der Waals surface area contributed by atoms with Gasteiger partial charge in [0, 0.05) is 25.1 Å². The van der Waals surface area contributed by atoms with Gasteiger partial charge in [0.05, 0.1) is 0 Å². The van der Waals surface area contributed by atoms with Crippen molar-refractivity contribution in [1.29, 1.82) is 0 Å². The molecule has 138 valence electrons. The number of piperidine rings is 2. The van der Waals surface area contributed by atoms with Crippen molar-refractivity contribution in [1.82, 2.24) is 15.5 Å². The Labute approximate surface area is 149 Å². The van der Waals surface area contributed by atoms with Gasteiger partial charge in [0.1, 0.15) is 24.1 Å². The number of nitrogens with zero attached hydrogens (tertiary/aromatic N) is 1. The van der Waals surface area contributed by atoms with Crippen molar-refractivity contribution in [3.8, 4) is 5.75 Å². The maximum absolute atomic E-state index is 14.0. The summed E-state index contributed by atoms with van der Waals surface area (Å²) in [7, 11) is 0. The zero-order chi connectivity index (χ0) is 18.3. The number of fused-ring (bicyclic) bond motifs is 1. The summed E-state index contributed by atoms with van der Waals surface area (Å²) in [5.74, 6) is -0.470. The van der Waals surface area contributed by atoms with Crippen molar-refractivity contribution in [2.75, 3.05) is 13.1 Å². The first-order valence-electron chi connectivity index (χ1n) is 8.82. The quantitative estimate of drug-likeness (QED) is 0.767. The van der Waals surface area contributed by atoms with Gasteiger partial charge >= 0.3 is 0 Å². The zero-order valence-corrected chi connectivity index (χ0v) is 14.2. The molecule has 3 aliphatic rings. The molecule has 0 aliphatic carbocycles. The fourth-order valence-electron chi connectivity index (χ4n) is 3.71. The van der Waals surface area contributed by atoms with Crippen molar-refractivity contribution < 1.29 is 23.5 Å². The van der Waals surface area contributed by atoms with E-state index in [9.17, 15) is 18.8 Å². The van der Waals surface area contributed by atoms with Gasteiger partial charge in [-0.3, -0.25) is 19.7 Å². The molecule has 0 spiro atoms. The first-order valence-corrected chi connectivity index (χ1v) is 8.82. The van der Waals surface area contributed by atoms with E-state index in [1.54, 1.807) is 18.2 Å². The topological polar surface area (TPSA) is 87.7 Å². The lowest BCUT2D eigenvalue weighted by Crippen LogP contribution is -2.52. The summed E-state index contributed by atoms with van der Waals surface area (Å²) in [6, 6.07) is 4.41. The lowest BCUT2D eigenvalue weighted by molar-refractivity contribution is -0.136. The number of carbonyl (C=O) groups is 3. The highest BCUT2D eigenvalue weighted by atomic mass is 19.1. The minimum atomic E-state index is -1.02. The zero-order valence-electron chi connectivity index (χ0n) is 14.2. The SMILES string of the molecule is O=C1CCC(N2Cc3cc(O[C@@H]4CNCC[C@H]4F)ccc3C2=O)C(=O)N1. The smallest absolute Gasteiger partial charge is 0.255 e. The molecule has 0 bridgehead atoms. The number of ether oxygens (including phenoxy) is 1. The Morgan fingerprint density at radius 2 is 2.04 bits per heavy atom. The fourth-order valence-corrected chi connectivity index (χ4v) is 3.71. The van der Waals surface area contributed by atoms with Gasteiger partial charge < -0.3 is 15.0 Å². The van der Waals surface area contributed by atoms with E-state index in [0.29, 0.717) is 37.2 Å². The van der Waals surface area contributed by atoms with Crippen molar-refractivity contribution >= 4 is 17.7 Å². The Balaban J connectivity index is 1.49. The number of imide groups is 1. The third-order valence-corrected chi connectivity index (χ3v) is 5.13. The molecule has 0 radical (unpaired) electrons. The Morgan fingerprint density at radius 3 is 2.81 bits per heavy atom. The van der Waals surface area contributed by atoms with Gasteiger partial charge in [0.25, 0.3) is 5.91 Å². The van der Waals surface area contributed by atoms with E-state index in [4.69, 9.17) is 4.74 Å². The van der Waals surface area contributed by atoms with Gasteiger partial charge in [0.2, 0.25) is 11.8 Å². The molecule has 0 aromatic heterocycles. The van der Waals surface area contributed by atoms with Crippen LogP contribution in [-0.4, -0.2) is 54.0 Å². The molecule has 8 heteroatoms. The molecule has 2 saturated heterocycles. The molecule has 1 aromatic rings. The molecule has 2 N–H and O–H groups in total. The minimum absolute atomic E-state index is 0.220. The van der Waals surface area contributed by atoms with Crippen molar-refractivity contribution in [3.63, 3.8) is 0 Å². The van der Waals surface area contributed by atoms with Crippen LogP contribution in [0.3, 0.4) is 0 Å². The maximum atomic E-state index is 14.0. The number of halogens is 1. The first-order chi connectivity index (χ1) is 12.5. The highest BCUT2D eigenvalue weighted by molar-refractivity contribution is 6.05. The summed E-state index contributed by atoms with van der Waals surface area (Å²) < 4.78 is 19.7. The molecule has 3 amide bonds. The van der Waals surface area contributed by atoms with Crippen LogP contribution in [0.2, 0.25) is 0 Å². The molecule has 2 fully saturated rings. The maximum Gasteiger partial charge on any atom is 0.255 e. The molecular weight excluding hydrogens is 341 g/mol. The number of alkyl halides is 1. The Bertz CT molecular complexity index is 769. The largest absolute Gasteiger partial charge is 0.486 e. The number of carbonyl (C=O) groups excluding carboxylic acids is 3. The van der Waals surface area contributed by atoms with Crippen LogP contribution < -0.4 is 15.4 Å². The second-order valence-electron chi connectivity index (χ2n) is 6.88. The van der Waals surface area contributed by atoms with Gasteiger partial charge in [-0.25, -0.2) is 4.39 Å². The van der Waals surface area contributed by atoms with E-state index in [2.05, 4.69) is 10.6 Å². The average Bonchev–Trinajstić information content (AvgIpc) is 2.93. The number of benzene rings is 1. The molecule has 1 unspecified atom stereocenters. The van der Waals surface area contributed by atoms with E-state index >= 15 is 0 Å². The van der Waals surface area contributed by atoms with Crippen LogP contribution in [0.4, 0.5) is 4.39 Å². The number of nitrogens with one attached hydrogen (secondary N) is 2. The van der Waals surface area contributed by atoms with E-state index in [-0.39, 0.29) is 24.8 Å². The van der Waals surface area contributed by atoms with E-state index in [0.717, 1.165) is 5.56 Å². The summed E-state index contributed by atoms with van der Waals surface area (Å²) >= 11 is 0. The van der Waals surface area contributed by atoms with Crippen LogP contribution >= 0.6 is 0 Å². The van der Waals surface area contributed by atoms with Crippen LogP contribution in [0.5, 0.6) is 5.75 Å². The average molecular weight is 361 g/mol. The van der Waals surface area contributed by atoms with Crippen LogP contribution in [0, 0.1) is 0 Å². The Morgan fingerprint density at radius 1 is 1.19 bits per heavy atom. The van der Waals surface area contributed by atoms with Crippen LogP contribution in [-0.2, 0) is 16.1 Å². The highest BCUT2D eigenvalue weighted by Crippen LogP contribution is 2.31. The third kappa shape index (κ3) is 3.05. The van der Waals surface area contributed by atoms with E-state index in [1.165, 1.54) is 4.90 Å². The number of hydrogen-bond acceptors (Lipinski definition) is 5. The van der Waals surface area contributed by atoms with Crippen LogP contribution in [0.25, 0.3) is 0 Å². The molecule has 3 heterocycles. The molecule has 3 aliphatic heterocycles. The third-order valence-electron chi connectivity index (χ3n) is 5.13. The molecule has 7 nitrogen and oxygen atoms in total. The van der Waals surface area contributed by atoms with Crippen molar-refractivity contribution in [2.45, 2.75) is 44.1 Å². The van der Waals surface area contributed by atoms with E-state index in [1.807, 2.05) is 0 Å². The predicted molar refractivity (Wildman–Crippen MR) is 89.3 cm³/mol. The predicted octanol–water partition coefficient (Wildman–Crippen LogP) is 0.526. The number of hydrogen-bond donors (Lipinski definition) is 2. The summed E-state index contributed by atoms with van der Waals surface area (Å²) in [5, 5.41) is 5.38. The Kier molecular flexibility index (Phi) is 4.36. The summed E-state index contributed by atoms with van der Waals surface area (Å²) in [5.41, 5.74) is 1.26. The summed E-state index contributed by atoms with van der Waals surface area (Å²) in [6.45, 7) is 1.36. The van der Waals surface area contributed by atoms with Crippen LogP contribution in [0.15, 0.2) is 18.2 Å². The lowest BCUT2D eigenvalue weighted by atomic mass is 10.0. The monoisotopic (exact) mass is 361 g/mol. The molecule has 4 rings (SSSR count). The van der Waals surface area contributed by atoms with Gasteiger partial charge in [-0.1, -0.05) is 0 Å². The summed E-state index contributed by atoms with van der Waals surface area (Å²) in [4.78, 5) is 37.5. The van der Waals surface area contributed by atoms with Gasteiger partial charge in [-0.15, -0.1) is 0 Å². The van der Waals surface area contributed by atoms with Gasteiger partial charge in [0.15, 0.2) is 0 Å². The molecule has 3 atom stereocenters. The standard InChI is InChI=1S/C18H20FN3O4/c19-13-5-6-20-8-15(13)26-11-1-2-12-10(7-11)9-22(18(12)25)14-3-4-16(23)21-17(14)24/h1-2,7,13-15,20H,3-6,8-9H2,(H,21,23,24)/t13-,14?,15-/m1/s1. The first kappa shape index (κ1) is 17.0. The molecule has 0 saturated carbocycles. The van der Waals surface area contributed by atoms with Crippen molar-refractivity contribution in [2.24, 2.45) is 0 Å². The minimum Gasteiger partial charge on any atom is -0.486 e. The summed E-state index contributed by atoms with van der Waals surface area (Å²) in [6.07, 6.45) is -0.615. The van der Waals surface area contributed by atoms with E-state index < -0.39 is 24.2 Å². The lowest BCUT2D eigenvalue weighted by Gasteiger charge is -2.29. The van der Waals surface area contributed by atoms with Gasteiger partial charge in [-0.2, -0.15) is 0 Å². The second-order valence-corrected chi connectivity index (χ2v) is 6.88. The number of amides is 3.